The highest BCUT2D eigenvalue weighted by Gasteiger charge is 2.22. The van der Waals surface area contributed by atoms with Crippen LogP contribution in [0.4, 0.5) is 0 Å². The van der Waals surface area contributed by atoms with Crippen LogP contribution in [0.3, 0.4) is 0 Å². The van der Waals surface area contributed by atoms with E-state index in [1.54, 1.807) is 0 Å². The van der Waals surface area contributed by atoms with Gasteiger partial charge in [-0.25, -0.2) is 0 Å². The number of rotatable bonds is 3. The maximum atomic E-state index is 12.1. The second-order valence-corrected chi connectivity index (χ2v) is 6.46. The zero-order chi connectivity index (χ0) is 14.9. The van der Waals surface area contributed by atoms with E-state index in [1.807, 2.05) is 0 Å². The van der Waals surface area contributed by atoms with Gasteiger partial charge in [0.1, 0.15) is 16.4 Å². The quantitative estimate of drug-likeness (QED) is 0.666. The van der Waals surface area contributed by atoms with E-state index in [2.05, 4.69) is 0 Å². The highest BCUT2D eigenvalue weighted by molar-refractivity contribution is 7.87. The summed E-state index contributed by atoms with van der Waals surface area (Å²) < 4.78 is 29.1. The Balaban J connectivity index is 2.40. The van der Waals surface area contributed by atoms with Gasteiger partial charge in [0.2, 0.25) is 0 Å². The molecule has 0 saturated heterocycles. The molecule has 0 unspecified atom stereocenters. The van der Waals surface area contributed by atoms with Crippen LogP contribution >= 0.6 is 34.8 Å². The lowest BCUT2D eigenvalue weighted by Gasteiger charge is -2.09. The average Bonchev–Trinajstić information content (AvgIpc) is 2.36. The summed E-state index contributed by atoms with van der Waals surface area (Å²) in [6.45, 7) is 0. The lowest BCUT2D eigenvalue weighted by molar-refractivity contribution is 0.468. The molecule has 20 heavy (non-hydrogen) atoms. The van der Waals surface area contributed by atoms with Gasteiger partial charge in [-0.1, -0.05) is 34.8 Å². The molecule has 0 bridgehead atoms. The molecule has 0 atom stereocenters. The first-order valence-corrected chi connectivity index (χ1v) is 7.72. The van der Waals surface area contributed by atoms with Gasteiger partial charge in [0.25, 0.3) is 0 Å². The van der Waals surface area contributed by atoms with Crippen LogP contribution in [0.25, 0.3) is 0 Å². The lowest BCUT2D eigenvalue weighted by atomic mass is 10.3. The minimum absolute atomic E-state index is 0.0117. The normalized spacial score (nSPS) is 11.3. The number of phenolic OH excluding ortho intramolecular Hbond substituents is 1. The number of hydrogen-bond acceptors (Lipinski definition) is 4. The van der Waals surface area contributed by atoms with Gasteiger partial charge in [-0.15, -0.1) is 0 Å². The fraction of sp³-hybridized carbons (Fsp3) is 0. The molecule has 1 N–H and O–H groups in total. The standard InChI is InChI=1S/C12H7Cl3O4S/c13-9-5-11(15)12(6-10(9)14)20(17,18)19-8-3-1-7(16)2-4-8/h1-6,16H. The van der Waals surface area contributed by atoms with E-state index in [4.69, 9.17) is 44.1 Å². The van der Waals surface area contributed by atoms with Crippen LogP contribution in [0.5, 0.6) is 11.5 Å². The van der Waals surface area contributed by atoms with Gasteiger partial charge >= 0.3 is 10.1 Å². The van der Waals surface area contributed by atoms with E-state index >= 15 is 0 Å². The Bertz CT molecular complexity index is 742. The van der Waals surface area contributed by atoms with Crippen LogP contribution in [0.2, 0.25) is 15.1 Å². The predicted molar refractivity (Wildman–Crippen MR) is 77.4 cm³/mol. The SMILES string of the molecule is O=S(=O)(Oc1ccc(O)cc1)c1cc(Cl)c(Cl)cc1Cl. The summed E-state index contributed by atoms with van der Waals surface area (Å²) in [5, 5.41) is 9.21. The fourth-order valence-corrected chi connectivity index (χ4v) is 3.28. The van der Waals surface area contributed by atoms with Crippen LogP contribution in [-0.4, -0.2) is 13.5 Å². The maximum Gasteiger partial charge on any atom is 0.340 e. The molecule has 0 aliphatic rings. The van der Waals surface area contributed by atoms with Crippen LogP contribution in [-0.2, 0) is 10.1 Å². The van der Waals surface area contributed by atoms with Crippen molar-refractivity contribution in [2.75, 3.05) is 0 Å². The summed E-state index contributed by atoms with van der Waals surface area (Å²) in [4.78, 5) is -0.290. The molecule has 2 aromatic carbocycles. The Morgan fingerprint density at radius 1 is 0.900 bits per heavy atom. The van der Waals surface area contributed by atoms with Crippen molar-refractivity contribution in [3.8, 4) is 11.5 Å². The minimum atomic E-state index is -4.15. The number of aromatic hydroxyl groups is 1. The van der Waals surface area contributed by atoms with Gasteiger partial charge in [0.05, 0.1) is 15.1 Å². The molecule has 0 fully saturated rings. The van der Waals surface area contributed by atoms with E-state index in [1.165, 1.54) is 30.3 Å². The Morgan fingerprint density at radius 2 is 1.45 bits per heavy atom. The molecule has 0 aromatic heterocycles. The van der Waals surface area contributed by atoms with Crippen molar-refractivity contribution >= 4 is 44.9 Å². The van der Waals surface area contributed by atoms with Crippen LogP contribution in [0.15, 0.2) is 41.3 Å². The molecule has 0 spiro atoms. The summed E-state index contributed by atoms with van der Waals surface area (Å²) in [5.74, 6) is 0.0206. The second-order valence-electron chi connectivity index (χ2n) is 3.73. The number of benzene rings is 2. The smallest absolute Gasteiger partial charge is 0.340 e. The van der Waals surface area contributed by atoms with Crippen molar-refractivity contribution in [2.24, 2.45) is 0 Å². The first-order valence-electron chi connectivity index (χ1n) is 5.17. The molecule has 2 aromatic rings. The largest absolute Gasteiger partial charge is 0.508 e. The summed E-state index contributed by atoms with van der Waals surface area (Å²) in [7, 11) is -4.15. The summed E-state index contributed by atoms with van der Waals surface area (Å²) in [5.41, 5.74) is 0. The van der Waals surface area contributed by atoms with Crippen molar-refractivity contribution < 1.29 is 17.7 Å². The van der Waals surface area contributed by atoms with Crippen LogP contribution < -0.4 is 4.18 Å². The third kappa shape index (κ3) is 3.30. The predicted octanol–water partition coefficient (Wildman–Crippen LogP) is 4.12. The summed E-state index contributed by atoms with van der Waals surface area (Å²) in [6.07, 6.45) is 0. The van der Waals surface area contributed by atoms with Gasteiger partial charge in [-0.3, -0.25) is 0 Å². The van der Waals surface area contributed by atoms with E-state index in [9.17, 15) is 8.42 Å². The molecule has 0 aliphatic carbocycles. The second kappa shape index (κ2) is 5.69. The van der Waals surface area contributed by atoms with Gasteiger partial charge < -0.3 is 9.29 Å². The Morgan fingerprint density at radius 3 is 2.05 bits per heavy atom. The van der Waals surface area contributed by atoms with E-state index in [-0.39, 0.29) is 31.5 Å². The summed E-state index contributed by atoms with van der Waals surface area (Å²) >= 11 is 17.3. The third-order valence-electron chi connectivity index (χ3n) is 2.29. The third-order valence-corrected chi connectivity index (χ3v) is 4.72. The molecular weight excluding hydrogens is 347 g/mol. The molecule has 106 valence electrons. The van der Waals surface area contributed by atoms with Crippen molar-refractivity contribution in [3.63, 3.8) is 0 Å². The molecule has 8 heteroatoms. The van der Waals surface area contributed by atoms with Gasteiger partial charge in [-0.2, -0.15) is 8.42 Å². The van der Waals surface area contributed by atoms with Gasteiger partial charge in [0, 0.05) is 0 Å². The molecule has 0 heterocycles. The highest BCUT2D eigenvalue weighted by atomic mass is 35.5. The van der Waals surface area contributed by atoms with Crippen molar-refractivity contribution in [2.45, 2.75) is 4.90 Å². The summed E-state index contributed by atoms with van der Waals surface area (Å²) in [6, 6.07) is 7.53. The van der Waals surface area contributed by atoms with Crippen LogP contribution in [0.1, 0.15) is 0 Å². The Kier molecular flexibility index (Phi) is 4.34. The van der Waals surface area contributed by atoms with E-state index in [0.717, 1.165) is 6.07 Å². The van der Waals surface area contributed by atoms with Crippen molar-refractivity contribution in [1.29, 1.82) is 0 Å². The number of hydrogen-bond donors (Lipinski definition) is 1. The van der Waals surface area contributed by atoms with Gasteiger partial charge in [0.15, 0.2) is 0 Å². The molecule has 0 radical (unpaired) electrons. The minimum Gasteiger partial charge on any atom is -0.508 e. The molecular formula is C12H7Cl3O4S. The highest BCUT2D eigenvalue weighted by Crippen LogP contribution is 2.33. The van der Waals surface area contributed by atoms with Crippen molar-refractivity contribution in [3.05, 3.63) is 51.5 Å². The average molecular weight is 354 g/mol. The maximum absolute atomic E-state index is 12.1. The molecule has 4 nitrogen and oxygen atoms in total. The Hall–Kier alpha value is -1.14. The molecule has 0 saturated carbocycles. The first kappa shape index (κ1) is 15.3. The zero-order valence-electron chi connectivity index (χ0n) is 9.68. The monoisotopic (exact) mass is 352 g/mol. The lowest BCUT2D eigenvalue weighted by Crippen LogP contribution is -2.10. The van der Waals surface area contributed by atoms with Gasteiger partial charge in [-0.05, 0) is 36.4 Å². The zero-order valence-corrected chi connectivity index (χ0v) is 12.8. The molecule has 2 rings (SSSR count). The molecule has 0 amide bonds. The topological polar surface area (TPSA) is 63.6 Å². The number of halogens is 3. The van der Waals surface area contributed by atoms with Crippen molar-refractivity contribution in [1.82, 2.24) is 0 Å². The first-order chi connectivity index (χ1) is 9.29. The number of phenols is 1. The van der Waals surface area contributed by atoms with E-state index in [0.29, 0.717) is 0 Å². The Labute approximate surface area is 130 Å². The van der Waals surface area contributed by atoms with Crippen LogP contribution in [0, 0.1) is 0 Å². The fourth-order valence-electron chi connectivity index (χ4n) is 1.37. The van der Waals surface area contributed by atoms with E-state index < -0.39 is 10.1 Å². The molecule has 0 aliphatic heterocycles.